The summed E-state index contributed by atoms with van der Waals surface area (Å²) in [6.45, 7) is 8.60. The number of hydrogen-bond acceptors (Lipinski definition) is 2. The molecule has 0 aliphatic heterocycles. The van der Waals surface area contributed by atoms with Gasteiger partial charge < -0.3 is 10.1 Å². The molecule has 1 aromatic rings. The van der Waals surface area contributed by atoms with Gasteiger partial charge in [0.15, 0.2) is 0 Å². The highest BCUT2D eigenvalue weighted by Gasteiger charge is 2.10. The number of benzene rings is 1. The normalized spacial score (nSPS) is 11.0. The van der Waals surface area contributed by atoms with Crippen LogP contribution in [0.25, 0.3) is 0 Å². The predicted molar refractivity (Wildman–Crippen MR) is 79.4 cm³/mol. The number of nitrogens with one attached hydrogen (secondary N) is 1. The van der Waals surface area contributed by atoms with Crippen molar-refractivity contribution < 1.29 is 4.74 Å². The fourth-order valence-electron chi connectivity index (χ4n) is 2.15. The zero-order valence-corrected chi connectivity index (χ0v) is 12.2. The van der Waals surface area contributed by atoms with Crippen LogP contribution in [-0.4, -0.2) is 12.1 Å². The second kappa shape index (κ2) is 8.02. The molecule has 0 spiro atoms. The van der Waals surface area contributed by atoms with Crippen LogP contribution in [0.2, 0.25) is 0 Å². The van der Waals surface area contributed by atoms with Crippen molar-refractivity contribution in [3.05, 3.63) is 24.3 Å². The van der Waals surface area contributed by atoms with E-state index in [-0.39, 0.29) is 6.10 Å². The highest BCUT2D eigenvalue weighted by molar-refractivity contribution is 5.56. The summed E-state index contributed by atoms with van der Waals surface area (Å²) in [7, 11) is 0. The number of rotatable bonds is 8. The second-order valence-electron chi connectivity index (χ2n) is 5.08. The Kier molecular flexibility index (Phi) is 6.63. The molecule has 0 aliphatic carbocycles. The Balaban J connectivity index is 2.74. The molecular weight excluding hydrogens is 222 g/mol. The van der Waals surface area contributed by atoms with E-state index in [1.807, 2.05) is 12.1 Å². The van der Waals surface area contributed by atoms with Gasteiger partial charge in [-0.1, -0.05) is 38.8 Å². The van der Waals surface area contributed by atoms with Crippen molar-refractivity contribution in [2.45, 2.75) is 65.5 Å². The number of anilines is 1. The maximum atomic E-state index is 5.84. The van der Waals surface area contributed by atoms with E-state index in [0.29, 0.717) is 6.04 Å². The van der Waals surface area contributed by atoms with E-state index in [4.69, 9.17) is 4.74 Å². The maximum Gasteiger partial charge on any atom is 0.142 e. The first-order valence-corrected chi connectivity index (χ1v) is 7.19. The van der Waals surface area contributed by atoms with E-state index in [0.717, 1.165) is 11.4 Å². The molecule has 0 unspecified atom stereocenters. The summed E-state index contributed by atoms with van der Waals surface area (Å²) >= 11 is 0. The van der Waals surface area contributed by atoms with Crippen LogP contribution in [0.5, 0.6) is 5.75 Å². The molecule has 0 bridgehead atoms. The highest BCUT2D eigenvalue weighted by Crippen LogP contribution is 2.26. The lowest BCUT2D eigenvalue weighted by Crippen LogP contribution is -2.20. The van der Waals surface area contributed by atoms with Gasteiger partial charge in [0.2, 0.25) is 0 Å². The molecule has 1 N–H and O–H groups in total. The Hall–Kier alpha value is -1.18. The topological polar surface area (TPSA) is 21.3 Å². The minimum Gasteiger partial charge on any atom is -0.489 e. The predicted octanol–water partition coefficient (Wildman–Crippen LogP) is 4.85. The van der Waals surface area contributed by atoms with Crippen LogP contribution in [-0.2, 0) is 0 Å². The number of para-hydroxylation sites is 2. The third-order valence-corrected chi connectivity index (χ3v) is 2.88. The second-order valence-corrected chi connectivity index (χ2v) is 5.08. The Morgan fingerprint density at radius 2 is 1.67 bits per heavy atom. The fraction of sp³-hybridized carbons (Fsp3) is 0.625. The van der Waals surface area contributed by atoms with Crippen molar-refractivity contribution >= 4 is 5.69 Å². The van der Waals surface area contributed by atoms with E-state index in [2.05, 4.69) is 45.1 Å². The zero-order valence-electron chi connectivity index (χ0n) is 12.2. The minimum absolute atomic E-state index is 0.212. The maximum absolute atomic E-state index is 5.84. The Morgan fingerprint density at radius 3 is 2.22 bits per heavy atom. The van der Waals surface area contributed by atoms with E-state index < -0.39 is 0 Å². The average molecular weight is 249 g/mol. The van der Waals surface area contributed by atoms with Gasteiger partial charge >= 0.3 is 0 Å². The third-order valence-electron chi connectivity index (χ3n) is 2.88. The van der Waals surface area contributed by atoms with Gasteiger partial charge in [0, 0.05) is 6.04 Å². The van der Waals surface area contributed by atoms with Gasteiger partial charge in [0.1, 0.15) is 5.75 Å². The molecule has 0 fully saturated rings. The first-order chi connectivity index (χ1) is 8.67. The van der Waals surface area contributed by atoms with Crippen LogP contribution in [0, 0.1) is 0 Å². The van der Waals surface area contributed by atoms with E-state index in [9.17, 15) is 0 Å². The van der Waals surface area contributed by atoms with Crippen molar-refractivity contribution in [3.8, 4) is 5.75 Å². The zero-order chi connectivity index (χ0) is 13.4. The number of hydrogen-bond donors (Lipinski definition) is 1. The summed E-state index contributed by atoms with van der Waals surface area (Å²) < 4.78 is 5.84. The molecule has 0 aromatic heterocycles. The molecule has 0 radical (unpaired) electrons. The molecule has 0 heterocycles. The molecule has 0 aliphatic rings. The average Bonchev–Trinajstić information content (AvgIpc) is 2.31. The van der Waals surface area contributed by atoms with Crippen molar-refractivity contribution in [1.29, 1.82) is 0 Å². The lowest BCUT2D eigenvalue weighted by molar-refractivity contribution is 0.243. The highest BCUT2D eigenvalue weighted by atomic mass is 16.5. The Morgan fingerprint density at radius 1 is 1.06 bits per heavy atom. The first-order valence-electron chi connectivity index (χ1n) is 7.19. The molecular formula is C16H27NO. The van der Waals surface area contributed by atoms with Crippen LogP contribution in [0.3, 0.4) is 0 Å². The molecule has 102 valence electrons. The van der Waals surface area contributed by atoms with Gasteiger partial charge in [0.05, 0.1) is 11.8 Å². The summed E-state index contributed by atoms with van der Waals surface area (Å²) in [5.74, 6) is 0.963. The Bertz CT molecular complexity index is 330. The molecule has 0 saturated carbocycles. The Labute approximate surface area is 112 Å². The van der Waals surface area contributed by atoms with Crippen molar-refractivity contribution in [2.75, 3.05) is 5.32 Å². The smallest absolute Gasteiger partial charge is 0.142 e. The SMILES string of the molecule is CCCC(CCC)Nc1ccccc1OC(C)C. The fourth-order valence-corrected chi connectivity index (χ4v) is 2.15. The largest absolute Gasteiger partial charge is 0.489 e. The third kappa shape index (κ3) is 4.99. The standard InChI is InChI=1S/C16H27NO/c1-5-9-14(10-6-2)17-15-11-7-8-12-16(15)18-13(3)4/h7-8,11-14,17H,5-6,9-10H2,1-4H3. The van der Waals surface area contributed by atoms with Gasteiger partial charge in [0.25, 0.3) is 0 Å². The molecule has 18 heavy (non-hydrogen) atoms. The van der Waals surface area contributed by atoms with Crippen molar-refractivity contribution in [2.24, 2.45) is 0 Å². The summed E-state index contributed by atoms with van der Waals surface area (Å²) in [6, 6.07) is 8.78. The summed E-state index contributed by atoms with van der Waals surface area (Å²) in [5.41, 5.74) is 1.12. The van der Waals surface area contributed by atoms with Crippen LogP contribution < -0.4 is 10.1 Å². The van der Waals surface area contributed by atoms with Crippen molar-refractivity contribution in [3.63, 3.8) is 0 Å². The first kappa shape index (κ1) is 14.9. The van der Waals surface area contributed by atoms with Gasteiger partial charge in [-0.25, -0.2) is 0 Å². The molecule has 1 aromatic carbocycles. The van der Waals surface area contributed by atoms with E-state index in [1.54, 1.807) is 0 Å². The van der Waals surface area contributed by atoms with Gasteiger partial charge in [-0.2, -0.15) is 0 Å². The summed E-state index contributed by atoms with van der Waals surface area (Å²) in [5, 5.41) is 3.63. The quantitative estimate of drug-likeness (QED) is 0.710. The summed E-state index contributed by atoms with van der Waals surface area (Å²) in [6.07, 6.45) is 5.06. The van der Waals surface area contributed by atoms with Crippen LogP contribution >= 0.6 is 0 Å². The summed E-state index contributed by atoms with van der Waals surface area (Å²) in [4.78, 5) is 0. The molecule has 0 saturated heterocycles. The molecule has 2 nitrogen and oxygen atoms in total. The lowest BCUT2D eigenvalue weighted by atomic mass is 10.1. The molecule has 0 atom stereocenters. The van der Waals surface area contributed by atoms with Crippen LogP contribution in [0.4, 0.5) is 5.69 Å². The van der Waals surface area contributed by atoms with Crippen LogP contribution in [0.15, 0.2) is 24.3 Å². The van der Waals surface area contributed by atoms with Gasteiger partial charge in [-0.3, -0.25) is 0 Å². The van der Waals surface area contributed by atoms with Gasteiger partial charge in [-0.05, 0) is 38.8 Å². The lowest BCUT2D eigenvalue weighted by Gasteiger charge is -2.21. The van der Waals surface area contributed by atoms with E-state index in [1.165, 1.54) is 25.7 Å². The van der Waals surface area contributed by atoms with Crippen LogP contribution in [0.1, 0.15) is 53.4 Å². The molecule has 1 rings (SSSR count). The molecule has 2 heteroatoms. The monoisotopic (exact) mass is 249 g/mol. The van der Waals surface area contributed by atoms with E-state index >= 15 is 0 Å². The minimum atomic E-state index is 0.212. The van der Waals surface area contributed by atoms with Gasteiger partial charge in [-0.15, -0.1) is 0 Å². The molecule has 0 amide bonds. The number of ether oxygens (including phenoxy) is 1. The van der Waals surface area contributed by atoms with Crippen molar-refractivity contribution in [1.82, 2.24) is 0 Å².